The van der Waals surface area contributed by atoms with Crippen LogP contribution in [0.2, 0.25) is 0 Å². The molecule has 0 aromatic rings. The van der Waals surface area contributed by atoms with Crippen LogP contribution in [0.3, 0.4) is 0 Å². The molecule has 102 heavy (non-hydrogen) atoms. The fourth-order valence-electron chi connectivity index (χ4n) is 12.8. The van der Waals surface area contributed by atoms with E-state index in [0.717, 1.165) is 114 Å². The van der Waals surface area contributed by atoms with E-state index in [4.69, 9.17) is 37.0 Å². The first-order valence-corrected chi connectivity index (χ1v) is 45.7. The molecule has 0 aliphatic heterocycles. The molecule has 606 valence electrons. The Kier molecular flexibility index (Phi) is 70.6. The summed E-state index contributed by atoms with van der Waals surface area (Å²) in [7, 11) is -9.92. The second-order valence-electron chi connectivity index (χ2n) is 31.8. The highest BCUT2D eigenvalue weighted by Gasteiger charge is 2.30. The van der Waals surface area contributed by atoms with Crippen molar-refractivity contribution in [1.82, 2.24) is 0 Å². The van der Waals surface area contributed by atoms with Crippen LogP contribution in [0.25, 0.3) is 0 Å². The van der Waals surface area contributed by atoms with Gasteiger partial charge in [0.05, 0.1) is 26.4 Å². The summed E-state index contributed by atoms with van der Waals surface area (Å²) in [6, 6.07) is 0. The fourth-order valence-corrected chi connectivity index (χ4v) is 14.4. The molecule has 0 saturated carbocycles. The topological polar surface area (TPSA) is 237 Å². The zero-order valence-electron chi connectivity index (χ0n) is 67.2. The van der Waals surface area contributed by atoms with Gasteiger partial charge in [-0.15, -0.1) is 0 Å². The van der Waals surface area contributed by atoms with E-state index in [1.165, 1.54) is 225 Å². The van der Waals surface area contributed by atoms with E-state index in [1.807, 2.05) is 0 Å². The molecule has 0 aromatic heterocycles. The number of phosphoric acid groups is 2. The van der Waals surface area contributed by atoms with Gasteiger partial charge in [0.25, 0.3) is 0 Å². The molecule has 0 aromatic carbocycles. The van der Waals surface area contributed by atoms with Crippen LogP contribution in [0.1, 0.15) is 428 Å². The van der Waals surface area contributed by atoms with E-state index in [0.29, 0.717) is 31.6 Å². The minimum atomic E-state index is -4.96. The molecule has 0 rings (SSSR count). The Balaban J connectivity index is 5.21. The van der Waals surface area contributed by atoms with Crippen molar-refractivity contribution in [3.8, 4) is 0 Å². The molecule has 17 nitrogen and oxygen atoms in total. The van der Waals surface area contributed by atoms with Crippen LogP contribution in [0.5, 0.6) is 0 Å². The predicted octanol–water partition coefficient (Wildman–Crippen LogP) is 24.8. The number of aliphatic hydroxyl groups is 1. The van der Waals surface area contributed by atoms with Crippen molar-refractivity contribution in [2.24, 2.45) is 23.7 Å². The lowest BCUT2D eigenvalue weighted by molar-refractivity contribution is -0.161. The zero-order chi connectivity index (χ0) is 75.3. The van der Waals surface area contributed by atoms with E-state index < -0.39 is 97.5 Å². The Hall–Kier alpha value is -1.94. The van der Waals surface area contributed by atoms with Gasteiger partial charge in [0.1, 0.15) is 19.3 Å². The van der Waals surface area contributed by atoms with Gasteiger partial charge in [-0.25, -0.2) is 9.13 Å². The van der Waals surface area contributed by atoms with Crippen LogP contribution in [0, 0.1) is 23.7 Å². The lowest BCUT2D eigenvalue weighted by Gasteiger charge is -2.21. The van der Waals surface area contributed by atoms with Gasteiger partial charge in [-0.1, -0.05) is 376 Å². The third-order valence-corrected chi connectivity index (χ3v) is 21.2. The third kappa shape index (κ3) is 76.3. The predicted molar refractivity (Wildman–Crippen MR) is 418 cm³/mol. The summed E-state index contributed by atoms with van der Waals surface area (Å²) >= 11 is 0. The smallest absolute Gasteiger partial charge is 0.462 e. The van der Waals surface area contributed by atoms with Gasteiger partial charge in [-0.2, -0.15) is 0 Å². The number of carbonyl (C=O) groups excluding carboxylic acids is 4. The number of esters is 4. The number of unbranched alkanes of at least 4 members (excludes halogenated alkanes) is 46. The molecule has 0 saturated heterocycles. The average Bonchev–Trinajstić information content (AvgIpc) is 0.921. The molecule has 0 fully saturated rings. The van der Waals surface area contributed by atoms with Crippen molar-refractivity contribution in [3.05, 3.63) is 0 Å². The quantitative estimate of drug-likeness (QED) is 0.0222. The second-order valence-corrected chi connectivity index (χ2v) is 34.7. The molecule has 0 heterocycles. The number of carbonyl (C=O) groups is 4. The molecular weight excluding hydrogens is 1330 g/mol. The summed E-state index contributed by atoms with van der Waals surface area (Å²) in [5.41, 5.74) is 0. The monoisotopic (exact) mass is 1490 g/mol. The summed E-state index contributed by atoms with van der Waals surface area (Å²) in [5, 5.41) is 10.6. The SMILES string of the molecule is CC(C)CCCCCCCCCCCCCCCCCCCCC(=O)O[C@H](COC(=O)CCCCCCCCCCCCCCC(C)C)COP(=O)(O)OCC(O)COP(=O)(O)OC[C@@H](COC(=O)CCCCCCCCC(C)C)OC(=O)CCCCCCCCCCCCCCCCC(C)C. The van der Waals surface area contributed by atoms with Crippen molar-refractivity contribution < 1.29 is 80.2 Å². The van der Waals surface area contributed by atoms with Gasteiger partial charge in [0.2, 0.25) is 0 Å². The minimum Gasteiger partial charge on any atom is -0.462 e. The lowest BCUT2D eigenvalue weighted by Crippen LogP contribution is -2.30. The first-order chi connectivity index (χ1) is 49.1. The maximum Gasteiger partial charge on any atom is 0.472 e. The van der Waals surface area contributed by atoms with E-state index >= 15 is 0 Å². The normalized spacial score (nSPS) is 14.0. The van der Waals surface area contributed by atoms with Gasteiger partial charge in [-0.05, 0) is 49.4 Å². The molecule has 3 unspecified atom stereocenters. The standard InChI is InChI=1S/C83H162O17P2/c1-73(2)59-51-43-35-29-23-17-13-11-9-10-12-14-19-27-33-39-49-57-65-82(87)99-78(69-93-80(85)63-55-47-38-32-26-22-21-25-31-37-45-53-61-75(5)6)71-97-101(89,90)95-67-77(84)68-96-102(91,92)98-72-79(70-94-81(86)64-56-48-42-41-46-54-62-76(7)8)100-83(88)66-58-50-40-34-28-20-16-15-18-24-30-36-44-52-60-74(3)4/h73-79,84H,9-72H2,1-8H3,(H,89,90)(H,91,92)/t77?,78-,79-/m1/s1. The Morgan fingerprint density at radius 1 is 0.245 bits per heavy atom. The molecule has 0 spiro atoms. The van der Waals surface area contributed by atoms with Crippen molar-refractivity contribution >= 4 is 39.5 Å². The van der Waals surface area contributed by atoms with Crippen LogP contribution in [-0.4, -0.2) is 96.7 Å². The summed E-state index contributed by atoms with van der Waals surface area (Å²) in [5.74, 6) is 0.963. The number of phosphoric ester groups is 2. The summed E-state index contributed by atoms with van der Waals surface area (Å²) in [6.07, 6.45) is 59.9. The molecule has 5 atom stereocenters. The second kappa shape index (κ2) is 72.0. The van der Waals surface area contributed by atoms with Crippen molar-refractivity contribution in [2.45, 2.75) is 446 Å². The molecule has 0 aliphatic carbocycles. The van der Waals surface area contributed by atoms with E-state index in [9.17, 15) is 43.2 Å². The molecular formula is C83H162O17P2. The molecule has 0 amide bonds. The van der Waals surface area contributed by atoms with Crippen molar-refractivity contribution in [2.75, 3.05) is 39.6 Å². The first kappa shape index (κ1) is 100. The Morgan fingerprint density at radius 2 is 0.412 bits per heavy atom. The lowest BCUT2D eigenvalue weighted by atomic mass is 10.0. The molecule has 0 bridgehead atoms. The number of ether oxygens (including phenoxy) is 4. The number of aliphatic hydroxyl groups excluding tert-OH is 1. The van der Waals surface area contributed by atoms with Crippen LogP contribution >= 0.6 is 15.6 Å². The van der Waals surface area contributed by atoms with Gasteiger partial charge in [0, 0.05) is 25.7 Å². The van der Waals surface area contributed by atoms with Crippen LogP contribution in [0.15, 0.2) is 0 Å². The summed E-state index contributed by atoms with van der Waals surface area (Å²) < 4.78 is 68.7. The number of hydrogen-bond acceptors (Lipinski definition) is 15. The summed E-state index contributed by atoms with van der Waals surface area (Å²) in [6.45, 7) is 14.2. The third-order valence-electron chi connectivity index (χ3n) is 19.3. The van der Waals surface area contributed by atoms with Crippen LogP contribution in [0.4, 0.5) is 0 Å². The fraction of sp³-hybridized carbons (Fsp3) is 0.952. The molecule has 19 heteroatoms. The Bertz CT molecular complexity index is 1990. The van der Waals surface area contributed by atoms with E-state index in [-0.39, 0.29) is 25.7 Å². The van der Waals surface area contributed by atoms with Crippen LogP contribution < -0.4 is 0 Å². The van der Waals surface area contributed by atoms with Gasteiger partial charge in [0.15, 0.2) is 12.2 Å². The van der Waals surface area contributed by atoms with Crippen LogP contribution in [-0.2, 0) is 65.4 Å². The highest BCUT2D eigenvalue weighted by atomic mass is 31.2. The molecule has 0 aliphatic rings. The molecule has 0 radical (unpaired) electrons. The van der Waals surface area contributed by atoms with Gasteiger partial charge >= 0.3 is 39.5 Å². The van der Waals surface area contributed by atoms with E-state index in [1.54, 1.807) is 0 Å². The van der Waals surface area contributed by atoms with Crippen molar-refractivity contribution in [1.29, 1.82) is 0 Å². The average molecular weight is 1490 g/mol. The summed E-state index contributed by atoms with van der Waals surface area (Å²) in [4.78, 5) is 73.1. The Morgan fingerprint density at radius 3 is 0.608 bits per heavy atom. The first-order valence-electron chi connectivity index (χ1n) is 42.7. The van der Waals surface area contributed by atoms with Gasteiger partial charge < -0.3 is 33.8 Å². The minimum absolute atomic E-state index is 0.106. The van der Waals surface area contributed by atoms with Gasteiger partial charge in [-0.3, -0.25) is 37.3 Å². The molecule has 3 N–H and O–H groups in total. The largest absolute Gasteiger partial charge is 0.472 e. The number of rotatable bonds is 80. The highest BCUT2D eigenvalue weighted by molar-refractivity contribution is 7.47. The van der Waals surface area contributed by atoms with Crippen molar-refractivity contribution in [3.63, 3.8) is 0 Å². The van der Waals surface area contributed by atoms with E-state index in [2.05, 4.69) is 55.4 Å². The maximum absolute atomic E-state index is 13.1. The highest BCUT2D eigenvalue weighted by Crippen LogP contribution is 2.45. The zero-order valence-corrected chi connectivity index (χ0v) is 69.0. The number of hydrogen-bond donors (Lipinski definition) is 3. The Labute approximate surface area is 626 Å². The maximum atomic E-state index is 13.1.